The Kier molecular flexibility index (Phi) is 2.79. The third-order valence-corrected chi connectivity index (χ3v) is 2.99. The number of fused-ring (bicyclic) bond motifs is 1. The number of carbonyl (C=O) groups excluding carboxylic acids is 1. The normalized spacial score (nSPS) is 10.8. The first-order chi connectivity index (χ1) is 9.25. The number of nitrogens with zero attached hydrogens (tertiary/aromatic N) is 1. The smallest absolute Gasteiger partial charge is 0.255 e. The summed E-state index contributed by atoms with van der Waals surface area (Å²) in [4.78, 5) is 16.1. The fourth-order valence-corrected chi connectivity index (χ4v) is 1.91. The molecule has 0 saturated heterocycles. The van der Waals surface area contributed by atoms with E-state index in [0.717, 1.165) is 11.1 Å². The van der Waals surface area contributed by atoms with Crippen LogP contribution in [-0.2, 0) is 6.54 Å². The van der Waals surface area contributed by atoms with Gasteiger partial charge in [-0.2, -0.15) is 0 Å². The summed E-state index contributed by atoms with van der Waals surface area (Å²) in [5, 5.41) is 3.60. The second-order valence-corrected chi connectivity index (χ2v) is 4.18. The molecule has 0 saturated carbocycles. The molecule has 0 radical (unpaired) electrons. The number of carbonyl (C=O) groups is 1. The Morgan fingerprint density at radius 2 is 2.16 bits per heavy atom. The molecule has 1 amide bonds. The highest BCUT2D eigenvalue weighted by molar-refractivity contribution is 6.05. The predicted octanol–water partition coefficient (Wildman–Crippen LogP) is 2.66. The number of rotatable bonds is 3. The van der Waals surface area contributed by atoms with Crippen LogP contribution < -0.4 is 5.32 Å². The molecule has 2 aromatic heterocycles. The third kappa shape index (κ3) is 2.10. The first-order valence-corrected chi connectivity index (χ1v) is 5.89. The molecule has 2 heterocycles. The van der Waals surface area contributed by atoms with Crippen LogP contribution in [-0.4, -0.2) is 10.9 Å². The van der Waals surface area contributed by atoms with E-state index in [4.69, 9.17) is 8.83 Å². The Bertz CT molecular complexity index is 727. The van der Waals surface area contributed by atoms with Crippen molar-refractivity contribution in [1.29, 1.82) is 0 Å². The summed E-state index contributed by atoms with van der Waals surface area (Å²) in [5.74, 6) is 0.518. The van der Waals surface area contributed by atoms with Gasteiger partial charge in [0.25, 0.3) is 5.91 Å². The van der Waals surface area contributed by atoms with Crippen molar-refractivity contribution < 1.29 is 13.6 Å². The molecule has 0 bridgehead atoms. The van der Waals surface area contributed by atoms with Crippen molar-refractivity contribution in [3.05, 3.63) is 53.9 Å². The maximum absolute atomic E-state index is 12.1. The van der Waals surface area contributed by atoms with Crippen molar-refractivity contribution in [1.82, 2.24) is 10.3 Å². The minimum absolute atomic E-state index is 0.188. The van der Waals surface area contributed by atoms with Gasteiger partial charge in [0.2, 0.25) is 0 Å². The van der Waals surface area contributed by atoms with Gasteiger partial charge < -0.3 is 14.2 Å². The maximum atomic E-state index is 12.1. The van der Waals surface area contributed by atoms with E-state index in [1.807, 2.05) is 31.2 Å². The third-order valence-electron chi connectivity index (χ3n) is 2.99. The summed E-state index contributed by atoms with van der Waals surface area (Å²) in [6, 6.07) is 7.42. The second-order valence-electron chi connectivity index (χ2n) is 4.18. The topological polar surface area (TPSA) is 68.3 Å². The van der Waals surface area contributed by atoms with Crippen molar-refractivity contribution in [2.24, 2.45) is 0 Å². The number of hydrogen-bond donors (Lipinski definition) is 1. The van der Waals surface area contributed by atoms with E-state index in [2.05, 4.69) is 10.3 Å². The number of furan rings is 1. The minimum Gasteiger partial charge on any atom is -0.463 e. The van der Waals surface area contributed by atoms with Gasteiger partial charge in [-0.25, -0.2) is 4.98 Å². The van der Waals surface area contributed by atoms with Crippen LogP contribution in [0.4, 0.5) is 0 Å². The monoisotopic (exact) mass is 256 g/mol. The molecule has 0 spiro atoms. The number of aromatic nitrogens is 1. The molecule has 19 heavy (non-hydrogen) atoms. The zero-order valence-electron chi connectivity index (χ0n) is 10.3. The highest BCUT2D eigenvalue weighted by Crippen LogP contribution is 2.20. The van der Waals surface area contributed by atoms with Gasteiger partial charge in [-0.3, -0.25) is 4.79 Å². The van der Waals surface area contributed by atoms with Crippen LogP contribution in [0.5, 0.6) is 0 Å². The van der Waals surface area contributed by atoms with Crippen LogP contribution in [0.15, 0.2) is 45.8 Å². The average Bonchev–Trinajstić information content (AvgIpc) is 3.02. The first-order valence-electron chi connectivity index (χ1n) is 5.89. The molecule has 3 aromatic rings. The summed E-state index contributed by atoms with van der Waals surface area (Å²) in [5.41, 5.74) is 1.95. The standard InChI is InChI=1S/C14H12N2O3/c1-9-12(16-8-19-9)6-15-14(17)11-7-18-13-5-3-2-4-10(11)13/h2-5,7-8H,6H2,1H3,(H,15,17). The number of hydrogen-bond acceptors (Lipinski definition) is 4. The summed E-state index contributed by atoms with van der Waals surface area (Å²) >= 11 is 0. The molecular formula is C14H12N2O3. The van der Waals surface area contributed by atoms with E-state index in [1.54, 1.807) is 0 Å². The van der Waals surface area contributed by atoms with Crippen molar-refractivity contribution >= 4 is 16.9 Å². The lowest BCUT2D eigenvalue weighted by atomic mass is 10.1. The summed E-state index contributed by atoms with van der Waals surface area (Å²) in [6.07, 6.45) is 2.83. The lowest BCUT2D eigenvalue weighted by Crippen LogP contribution is -2.23. The predicted molar refractivity (Wildman–Crippen MR) is 68.6 cm³/mol. The Morgan fingerprint density at radius 3 is 2.95 bits per heavy atom. The Hall–Kier alpha value is -2.56. The summed E-state index contributed by atoms with van der Waals surface area (Å²) in [7, 11) is 0. The van der Waals surface area contributed by atoms with Crippen LogP contribution in [0, 0.1) is 6.92 Å². The lowest BCUT2D eigenvalue weighted by molar-refractivity contribution is 0.0951. The van der Waals surface area contributed by atoms with Gasteiger partial charge >= 0.3 is 0 Å². The van der Waals surface area contributed by atoms with E-state index in [-0.39, 0.29) is 5.91 Å². The second kappa shape index (κ2) is 4.61. The molecule has 3 rings (SSSR count). The van der Waals surface area contributed by atoms with Crippen LogP contribution >= 0.6 is 0 Å². The summed E-state index contributed by atoms with van der Waals surface area (Å²) < 4.78 is 10.4. The van der Waals surface area contributed by atoms with E-state index >= 15 is 0 Å². The van der Waals surface area contributed by atoms with Crippen molar-refractivity contribution in [2.45, 2.75) is 13.5 Å². The molecule has 1 N–H and O–H groups in total. The Labute approximate surface area is 109 Å². The van der Waals surface area contributed by atoms with Gasteiger partial charge in [-0.1, -0.05) is 18.2 Å². The van der Waals surface area contributed by atoms with Gasteiger partial charge in [0.05, 0.1) is 12.1 Å². The van der Waals surface area contributed by atoms with Gasteiger partial charge in [0.15, 0.2) is 6.39 Å². The van der Waals surface area contributed by atoms with Gasteiger partial charge in [-0.15, -0.1) is 0 Å². The number of aryl methyl sites for hydroxylation is 1. The number of para-hydroxylation sites is 1. The highest BCUT2D eigenvalue weighted by atomic mass is 16.3. The van der Waals surface area contributed by atoms with Crippen molar-refractivity contribution in [3.63, 3.8) is 0 Å². The van der Waals surface area contributed by atoms with E-state index in [0.29, 0.717) is 23.5 Å². The van der Waals surface area contributed by atoms with Gasteiger partial charge in [-0.05, 0) is 13.0 Å². The quantitative estimate of drug-likeness (QED) is 0.782. The first kappa shape index (κ1) is 11.5. The van der Waals surface area contributed by atoms with Crippen molar-refractivity contribution in [2.75, 3.05) is 0 Å². The molecule has 5 nitrogen and oxygen atoms in total. The molecule has 0 unspecified atom stereocenters. The number of amides is 1. The molecule has 1 aromatic carbocycles. The van der Waals surface area contributed by atoms with Gasteiger partial charge in [0, 0.05) is 5.39 Å². The molecule has 0 aliphatic carbocycles. The fraction of sp³-hybridized carbons (Fsp3) is 0.143. The van der Waals surface area contributed by atoms with Gasteiger partial charge in [0.1, 0.15) is 23.3 Å². The average molecular weight is 256 g/mol. The highest BCUT2D eigenvalue weighted by Gasteiger charge is 2.13. The van der Waals surface area contributed by atoms with Crippen LogP contribution in [0.25, 0.3) is 11.0 Å². The molecule has 5 heteroatoms. The zero-order chi connectivity index (χ0) is 13.2. The molecule has 0 fully saturated rings. The van der Waals surface area contributed by atoms with E-state index in [1.165, 1.54) is 12.7 Å². The number of oxazole rings is 1. The maximum Gasteiger partial charge on any atom is 0.255 e. The van der Waals surface area contributed by atoms with Crippen LogP contribution in [0.2, 0.25) is 0 Å². The Balaban J connectivity index is 1.79. The van der Waals surface area contributed by atoms with E-state index in [9.17, 15) is 4.79 Å². The molecule has 0 aliphatic rings. The lowest BCUT2D eigenvalue weighted by Gasteiger charge is -2.01. The Morgan fingerprint density at radius 1 is 1.32 bits per heavy atom. The van der Waals surface area contributed by atoms with E-state index < -0.39 is 0 Å². The number of nitrogens with one attached hydrogen (secondary N) is 1. The summed E-state index contributed by atoms with van der Waals surface area (Å²) in [6.45, 7) is 2.14. The molecule has 0 aliphatic heterocycles. The fourth-order valence-electron chi connectivity index (χ4n) is 1.91. The molecule has 96 valence electrons. The minimum atomic E-state index is -0.188. The number of benzene rings is 1. The van der Waals surface area contributed by atoms with Crippen molar-refractivity contribution in [3.8, 4) is 0 Å². The largest absolute Gasteiger partial charge is 0.463 e. The zero-order valence-corrected chi connectivity index (χ0v) is 10.3. The van der Waals surface area contributed by atoms with Crippen LogP contribution in [0.1, 0.15) is 21.8 Å². The SMILES string of the molecule is Cc1ocnc1CNC(=O)c1coc2ccccc12. The molecule has 0 atom stereocenters. The van der Waals surface area contributed by atoms with Crippen LogP contribution in [0.3, 0.4) is 0 Å². The molecular weight excluding hydrogens is 244 g/mol.